The number of rotatable bonds is 1. The fourth-order valence-electron chi connectivity index (χ4n) is 3.33. The lowest BCUT2D eigenvalue weighted by molar-refractivity contribution is -0.137. The Morgan fingerprint density at radius 3 is 2.42 bits per heavy atom. The van der Waals surface area contributed by atoms with Gasteiger partial charge in [-0.25, -0.2) is 4.98 Å². The topological polar surface area (TPSA) is 33.1 Å². The number of nitrogens with one attached hydrogen (secondary N) is 1. The second-order valence-corrected chi connectivity index (χ2v) is 6.21. The van der Waals surface area contributed by atoms with Crippen LogP contribution in [0.3, 0.4) is 0 Å². The van der Waals surface area contributed by atoms with E-state index < -0.39 is 11.7 Å². The van der Waals surface area contributed by atoms with Crippen molar-refractivity contribution in [3.05, 3.63) is 72.6 Å². The van der Waals surface area contributed by atoms with Crippen LogP contribution in [0.25, 0.3) is 38.7 Å². The Balaban J connectivity index is 1.69. The molecule has 5 aromatic rings. The molecule has 6 heteroatoms. The third-order valence-corrected chi connectivity index (χ3v) is 4.61. The summed E-state index contributed by atoms with van der Waals surface area (Å²) in [6.45, 7) is 0. The number of aromatic amines is 1. The van der Waals surface area contributed by atoms with E-state index in [-0.39, 0.29) is 0 Å². The van der Waals surface area contributed by atoms with Gasteiger partial charge in [0.1, 0.15) is 0 Å². The highest BCUT2D eigenvalue weighted by molar-refractivity contribution is 6.11. The molecule has 3 nitrogen and oxygen atoms in total. The number of alkyl halides is 3. The first kappa shape index (κ1) is 15.0. The monoisotopic (exact) mass is 351 g/mol. The van der Waals surface area contributed by atoms with Crippen LogP contribution in [-0.4, -0.2) is 14.4 Å². The summed E-state index contributed by atoms with van der Waals surface area (Å²) in [6, 6.07) is 15.1. The van der Waals surface area contributed by atoms with Crippen LogP contribution in [0.4, 0.5) is 13.2 Å². The maximum absolute atomic E-state index is 12.7. The van der Waals surface area contributed by atoms with E-state index in [2.05, 4.69) is 9.97 Å². The zero-order valence-electron chi connectivity index (χ0n) is 13.4. The lowest BCUT2D eigenvalue weighted by atomic mass is 10.1. The molecular weight excluding hydrogens is 339 g/mol. The van der Waals surface area contributed by atoms with Crippen molar-refractivity contribution in [3.63, 3.8) is 0 Å². The second-order valence-electron chi connectivity index (χ2n) is 6.21. The number of nitrogens with zero attached hydrogens (tertiary/aromatic N) is 2. The van der Waals surface area contributed by atoms with Crippen molar-refractivity contribution in [2.24, 2.45) is 0 Å². The smallest absolute Gasteiger partial charge is 0.351 e. The standard InChI is InChI=1S/C20H12F3N3/c21-20(22,23)13-7-5-12(6-8-13)17-11-26-10-9-15-14-3-1-2-4-16(14)24-18(15)19(26)25-17/h1-11,24H. The highest BCUT2D eigenvalue weighted by Crippen LogP contribution is 2.32. The van der Waals surface area contributed by atoms with E-state index in [1.54, 1.807) is 0 Å². The molecule has 0 aliphatic carbocycles. The highest BCUT2D eigenvalue weighted by Gasteiger charge is 2.30. The van der Waals surface area contributed by atoms with Crippen LogP contribution >= 0.6 is 0 Å². The van der Waals surface area contributed by atoms with Gasteiger partial charge in [0.2, 0.25) is 0 Å². The number of pyridine rings is 1. The summed E-state index contributed by atoms with van der Waals surface area (Å²) in [5, 5.41) is 2.18. The number of benzene rings is 2. The van der Waals surface area contributed by atoms with Gasteiger partial charge >= 0.3 is 6.18 Å². The predicted molar refractivity (Wildman–Crippen MR) is 95.0 cm³/mol. The molecule has 0 fully saturated rings. The quantitative estimate of drug-likeness (QED) is 0.416. The van der Waals surface area contributed by atoms with Crippen molar-refractivity contribution >= 4 is 27.5 Å². The van der Waals surface area contributed by atoms with Crippen molar-refractivity contribution in [3.8, 4) is 11.3 Å². The Hall–Kier alpha value is -3.28. The fourth-order valence-corrected chi connectivity index (χ4v) is 3.33. The first-order valence-corrected chi connectivity index (χ1v) is 8.06. The first-order chi connectivity index (χ1) is 12.5. The third kappa shape index (κ3) is 2.19. The van der Waals surface area contributed by atoms with E-state index in [0.29, 0.717) is 11.3 Å². The van der Waals surface area contributed by atoms with E-state index in [0.717, 1.165) is 39.6 Å². The predicted octanol–water partition coefficient (Wildman–Crippen LogP) is 5.65. The van der Waals surface area contributed by atoms with Crippen LogP contribution in [0.1, 0.15) is 5.56 Å². The number of hydrogen-bond acceptors (Lipinski definition) is 1. The fraction of sp³-hybridized carbons (Fsp3) is 0.0500. The van der Waals surface area contributed by atoms with Gasteiger partial charge in [-0.15, -0.1) is 0 Å². The first-order valence-electron chi connectivity index (χ1n) is 8.06. The number of fused-ring (bicyclic) bond motifs is 5. The molecule has 3 heterocycles. The molecular formula is C20H12F3N3. The maximum atomic E-state index is 12.7. The summed E-state index contributed by atoms with van der Waals surface area (Å²) < 4.78 is 40.1. The van der Waals surface area contributed by atoms with Crippen LogP contribution < -0.4 is 0 Å². The summed E-state index contributed by atoms with van der Waals surface area (Å²) in [5.41, 5.74) is 3.29. The van der Waals surface area contributed by atoms with Crippen molar-refractivity contribution in [1.82, 2.24) is 14.4 Å². The Labute approximate surface area is 145 Å². The second kappa shape index (κ2) is 5.11. The summed E-state index contributed by atoms with van der Waals surface area (Å²) >= 11 is 0. The van der Waals surface area contributed by atoms with E-state index in [4.69, 9.17) is 0 Å². The van der Waals surface area contributed by atoms with Crippen LogP contribution in [-0.2, 0) is 6.18 Å². The van der Waals surface area contributed by atoms with Gasteiger partial charge in [0, 0.05) is 34.2 Å². The summed E-state index contributed by atoms with van der Waals surface area (Å²) in [5.74, 6) is 0. The zero-order chi connectivity index (χ0) is 17.9. The van der Waals surface area contributed by atoms with Gasteiger partial charge in [0.05, 0.1) is 16.8 Å². The molecule has 0 aliphatic rings. The van der Waals surface area contributed by atoms with Gasteiger partial charge in [0.25, 0.3) is 0 Å². The minimum Gasteiger partial charge on any atom is -0.351 e. The number of H-pyrrole nitrogens is 1. The molecule has 3 aromatic heterocycles. The highest BCUT2D eigenvalue weighted by atomic mass is 19.4. The number of halogens is 3. The molecule has 0 unspecified atom stereocenters. The molecule has 2 aromatic carbocycles. The molecule has 5 rings (SSSR count). The maximum Gasteiger partial charge on any atom is 0.416 e. The third-order valence-electron chi connectivity index (χ3n) is 4.61. The van der Waals surface area contributed by atoms with Crippen molar-refractivity contribution < 1.29 is 13.2 Å². The van der Waals surface area contributed by atoms with Crippen LogP contribution in [0.15, 0.2) is 67.0 Å². The van der Waals surface area contributed by atoms with E-state index in [9.17, 15) is 13.2 Å². The molecule has 0 spiro atoms. The molecule has 0 bridgehead atoms. The van der Waals surface area contributed by atoms with Crippen molar-refractivity contribution in [2.45, 2.75) is 6.18 Å². The lowest BCUT2D eigenvalue weighted by Crippen LogP contribution is -2.03. The minimum absolute atomic E-state index is 0.630. The lowest BCUT2D eigenvalue weighted by Gasteiger charge is -2.06. The van der Waals surface area contributed by atoms with Crippen molar-refractivity contribution in [2.75, 3.05) is 0 Å². The van der Waals surface area contributed by atoms with Gasteiger partial charge in [0.15, 0.2) is 5.65 Å². The minimum atomic E-state index is -4.34. The molecule has 0 atom stereocenters. The van der Waals surface area contributed by atoms with E-state index in [1.807, 2.05) is 47.1 Å². The van der Waals surface area contributed by atoms with Crippen LogP contribution in [0.2, 0.25) is 0 Å². The Kier molecular flexibility index (Phi) is 2.95. The molecule has 0 saturated heterocycles. The molecule has 1 N–H and O–H groups in total. The van der Waals surface area contributed by atoms with Crippen LogP contribution in [0.5, 0.6) is 0 Å². The average Bonchev–Trinajstić information content (AvgIpc) is 3.22. The van der Waals surface area contributed by atoms with Gasteiger partial charge in [-0.05, 0) is 24.3 Å². The normalized spacial score (nSPS) is 12.4. The van der Waals surface area contributed by atoms with Gasteiger partial charge < -0.3 is 9.38 Å². The van der Waals surface area contributed by atoms with Crippen molar-refractivity contribution in [1.29, 1.82) is 0 Å². The number of aromatic nitrogens is 3. The average molecular weight is 351 g/mol. The largest absolute Gasteiger partial charge is 0.416 e. The molecule has 0 aliphatic heterocycles. The van der Waals surface area contributed by atoms with Gasteiger partial charge in [-0.3, -0.25) is 0 Å². The van der Waals surface area contributed by atoms with E-state index in [1.165, 1.54) is 12.1 Å². The Morgan fingerprint density at radius 2 is 1.65 bits per heavy atom. The molecule has 26 heavy (non-hydrogen) atoms. The number of para-hydroxylation sites is 1. The number of imidazole rings is 1. The summed E-state index contributed by atoms with van der Waals surface area (Å²) in [6.07, 6.45) is -0.602. The zero-order valence-corrected chi connectivity index (χ0v) is 13.4. The summed E-state index contributed by atoms with van der Waals surface area (Å²) in [4.78, 5) is 8.03. The summed E-state index contributed by atoms with van der Waals surface area (Å²) in [7, 11) is 0. The Bertz CT molecular complexity index is 1260. The molecule has 0 radical (unpaired) electrons. The molecule has 0 amide bonds. The van der Waals surface area contributed by atoms with E-state index >= 15 is 0 Å². The SMILES string of the molecule is FC(F)(F)c1ccc(-c2cn3ccc4c5ccccc5[nH]c4c3n2)cc1. The molecule has 128 valence electrons. The molecule has 0 saturated carbocycles. The van der Waals surface area contributed by atoms with Crippen LogP contribution in [0, 0.1) is 0 Å². The van der Waals surface area contributed by atoms with Gasteiger partial charge in [-0.2, -0.15) is 13.2 Å². The Morgan fingerprint density at radius 1 is 0.885 bits per heavy atom. The van der Waals surface area contributed by atoms with Gasteiger partial charge in [-0.1, -0.05) is 30.3 Å². The number of hydrogen-bond donors (Lipinski definition) is 1.